The monoisotopic (exact) mass is 386 g/mol. The molecule has 0 N–H and O–H groups in total. The fraction of sp³-hybridized carbons (Fsp3) is 0.0909. The van der Waals surface area contributed by atoms with E-state index in [4.69, 9.17) is 9.82 Å². The zero-order chi connectivity index (χ0) is 18.8. The molecule has 0 bridgehead atoms. The van der Waals surface area contributed by atoms with Crippen LogP contribution in [0.1, 0.15) is 10.4 Å². The molecule has 3 aromatic heterocycles. The molecular formula is C22H18N4OS. The van der Waals surface area contributed by atoms with E-state index in [-0.39, 0.29) is 0 Å². The number of nitrogens with zero attached hydrogens (tertiary/aromatic N) is 4. The van der Waals surface area contributed by atoms with Crippen LogP contribution >= 0.6 is 11.3 Å². The second-order valence-electron chi connectivity index (χ2n) is 6.51. The molecule has 0 saturated heterocycles. The van der Waals surface area contributed by atoms with Gasteiger partial charge in [0.05, 0.1) is 11.8 Å². The van der Waals surface area contributed by atoms with Gasteiger partial charge >= 0.3 is 0 Å². The van der Waals surface area contributed by atoms with Gasteiger partial charge in [0.15, 0.2) is 5.82 Å². The lowest BCUT2D eigenvalue weighted by Gasteiger charge is -2.11. The van der Waals surface area contributed by atoms with Crippen LogP contribution in [0.5, 0.6) is 0 Å². The minimum atomic E-state index is 0.509. The first-order valence-electron chi connectivity index (χ1n) is 9.05. The first kappa shape index (κ1) is 16.8. The summed E-state index contributed by atoms with van der Waals surface area (Å²) < 4.78 is 3.91. The quantitative estimate of drug-likeness (QED) is 0.427. The molecule has 2 aromatic carbocycles. The molecule has 0 radical (unpaired) electrons. The van der Waals surface area contributed by atoms with E-state index in [9.17, 15) is 0 Å². The van der Waals surface area contributed by atoms with Gasteiger partial charge in [-0.1, -0.05) is 42.5 Å². The third-order valence-electron chi connectivity index (χ3n) is 4.55. The third-order valence-corrected chi connectivity index (χ3v) is 5.40. The number of hydrogen-bond donors (Lipinski definition) is 0. The summed E-state index contributed by atoms with van der Waals surface area (Å²) in [6.45, 7) is 1.27. The van der Waals surface area contributed by atoms with Crippen LogP contribution in [0.15, 0.2) is 84.8 Å². The summed E-state index contributed by atoms with van der Waals surface area (Å²) in [6.07, 6.45) is 5.58. The Morgan fingerprint density at radius 3 is 2.71 bits per heavy atom. The molecule has 5 aromatic rings. The summed E-state index contributed by atoms with van der Waals surface area (Å²) >= 11 is 1.69. The molecule has 0 saturated carbocycles. The van der Waals surface area contributed by atoms with E-state index in [0.717, 1.165) is 29.0 Å². The fourth-order valence-corrected chi connectivity index (χ4v) is 3.82. The van der Waals surface area contributed by atoms with Gasteiger partial charge in [0.1, 0.15) is 12.1 Å². The molecule has 5 nitrogen and oxygen atoms in total. The van der Waals surface area contributed by atoms with Crippen molar-refractivity contribution in [1.82, 2.24) is 19.3 Å². The number of aromatic nitrogens is 4. The van der Waals surface area contributed by atoms with Crippen LogP contribution in [-0.2, 0) is 13.2 Å². The molecule has 0 atom stereocenters. The maximum atomic E-state index is 6.22. The molecule has 0 amide bonds. The van der Waals surface area contributed by atoms with E-state index in [1.165, 1.54) is 10.4 Å². The normalized spacial score (nSPS) is 11.1. The lowest BCUT2D eigenvalue weighted by atomic mass is 10.2. The summed E-state index contributed by atoms with van der Waals surface area (Å²) in [5.41, 5.74) is 4.08. The van der Waals surface area contributed by atoms with E-state index >= 15 is 0 Å². The van der Waals surface area contributed by atoms with Gasteiger partial charge in [-0.25, -0.2) is 9.97 Å². The molecule has 0 fully saturated rings. The number of hydrogen-bond acceptors (Lipinski definition) is 4. The molecular weight excluding hydrogens is 368 g/mol. The number of thiophene rings is 1. The van der Waals surface area contributed by atoms with Crippen LogP contribution in [0.25, 0.3) is 22.4 Å². The SMILES string of the molecule is c1ccc(-c2nc3ccc(Cn4ccnc4)cc3n2OCc2cccs2)cc1. The first-order chi connectivity index (χ1) is 13.9. The van der Waals surface area contributed by atoms with Gasteiger partial charge in [-0.3, -0.25) is 0 Å². The maximum absolute atomic E-state index is 6.22. The Hall–Kier alpha value is -3.38. The summed E-state index contributed by atoms with van der Waals surface area (Å²) in [5, 5.41) is 2.06. The van der Waals surface area contributed by atoms with Crippen LogP contribution in [-0.4, -0.2) is 19.3 Å². The Labute approximate surface area is 166 Å². The number of benzene rings is 2. The van der Waals surface area contributed by atoms with Gasteiger partial charge in [0, 0.05) is 29.4 Å². The second-order valence-corrected chi connectivity index (χ2v) is 7.54. The van der Waals surface area contributed by atoms with Crippen molar-refractivity contribution in [2.75, 3.05) is 0 Å². The molecule has 0 aliphatic carbocycles. The second kappa shape index (κ2) is 7.32. The van der Waals surface area contributed by atoms with E-state index < -0.39 is 0 Å². The topological polar surface area (TPSA) is 44.9 Å². The minimum Gasteiger partial charge on any atom is -0.406 e. The van der Waals surface area contributed by atoms with Gasteiger partial charge in [-0.05, 0) is 29.1 Å². The van der Waals surface area contributed by atoms with Gasteiger partial charge < -0.3 is 9.40 Å². The van der Waals surface area contributed by atoms with Crippen LogP contribution in [0.3, 0.4) is 0 Å². The molecule has 0 spiro atoms. The largest absolute Gasteiger partial charge is 0.406 e. The summed E-state index contributed by atoms with van der Waals surface area (Å²) in [7, 11) is 0. The fourth-order valence-electron chi connectivity index (χ4n) is 3.21. The first-order valence-corrected chi connectivity index (χ1v) is 9.93. The Kier molecular flexibility index (Phi) is 4.39. The third kappa shape index (κ3) is 3.30. The smallest absolute Gasteiger partial charge is 0.176 e. The number of rotatable bonds is 6. The minimum absolute atomic E-state index is 0.509. The zero-order valence-electron chi connectivity index (χ0n) is 15.1. The van der Waals surface area contributed by atoms with E-state index in [2.05, 4.69) is 46.8 Å². The molecule has 28 heavy (non-hydrogen) atoms. The van der Waals surface area contributed by atoms with Crippen molar-refractivity contribution in [3.8, 4) is 11.4 Å². The molecule has 3 heterocycles. The summed E-state index contributed by atoms with van der Waals surface area (Å²) in [5.74, 6) is 0.812. The molecule has 138 valence electrons. The van der Waals surface area contributed by atoms with Gasteiger partial charge in [-0.15, -0.1) is 11.3 Å². The highest BCUT2D eigenvalue weighted by Crippen LogP contribution is 2.25. The molecule has 0 aliphatic heterocycles. The van der Waals surface area contributed by atoms with Crippen LogP contribution in [0, 0.1) is 0 Å². The van der Waals surface area contributed by atoms with Crippen LogP contribution < -0.4 is 4.84 Å². The van der Waals surface area contributed by atoms with Crippen molar-refractivity contribution < 1.29 is 4.84 Å². The van der Waals surface area contributed by atoms with Crippen molar-refractivity contribution in [3.63, 3.8) is 0 Å². The van der Waals surface area contributed by atoms with Crippen molar-refractivity contribution in [1.29, 1.82) is 0 Å². The van der Waals surface area contributed by atoms with Crippen LogP contribution in [0.2, 0.25) is 0 Å². The average molecular weight is 386 g/mol. The average Bonchev–Trinajstić information content (AvgIpc) is 3.48. The zero-order valence-corrected chi connectivity index (χ0v) is 15.9. The standard InChI is InChI=1S/C22H18N4OS/c1-2-5-18(6-3-1)22-24-20-9-8-17(14-25-11-10-23-16-25)13-21(20)26(22)27-15-19-7-4-12-28-19/h1-13,16H,14-15H2. The molecule has 0 aliphatic rings. The van der Waals surface area contributed by atoms with Gasteiger partial charge in [0.25, 0.3) is 0 Å². The maximum Gasteiger partial charge on any atom is 0.176 e. The van der Waals surface area contributed by atoms with E-state index in [1.807, 2.05) is 46.1 Å². The van der Waals surface area contributed by atoms with Crippen molar-refractivity contribution in [2.45, 2.75) is 13.2 Å². The van der Waals surface area contributed by atoms with Crippen LogP contribution in [0.4, 0.5) is 0 Å². The lowest BCUT2D eigenvalue weighted by Crippen LogP contribution is -2.12. The summed E-state index contributed by atoms with van der Waals surface area (Å²) in [6, 6.07) is 20.6. The van der Waals surface area contributed by atoms with Crippen molar-refractivity contribution in [2.24, 2.45) is 0 Å². The van der Waals surface area contributed by atoms with Gasteiger partial charge in [-0.2, -0.15) is 4.73 Å². The number of fused-ring (bicyclic) bond motifs is 1. The molecule has 5 rings (SSSR count). The Morgan fingerprint density at radius 2 is 1.93 bits per heavy atom. The van der Waals surface area contributed by atoms with Crippen molar-refractivity contribution >= 4 is 22.4 Å². The molecule has 0 unspecified atom stereocenters. The van der Waals surface area contributed by atoms with Crippen molar-refractivity contribution in [3.05, 3.63) is 95.2 Å². The van der Waals surface area contributed by atoms with Gasteiger partial charge in [0.2, 0.25) is 0 Å². The van der Waals surface area contributed by atoms with E-state index in [0.29, 0.717) is 6.61 Å². The highest BCUT2D eigenvalue weighted by atomic mass is 32.1. The summed E-state index contributed by atoms with van der Waals surface area (Å²) in [4.78, 5) is 16.4. The highest BCUT2D eigenvalue weighted by molar-refractivity contribution is 7.09. The Morgan fingerprint density at radius 1 is 1.00 bits per heavy atom. The Bertz CT molecular complexity index is 1180. The predicted molar refractivity (Wildman–Crippen MR) is 111 cm³/mol. The molecule has 6 heteroatoms. The van der Waals surface area contributed by atoms with E-state index in [1.54, 1.807) is 17.5 Å². The highest BCUT2D eigenvalue weighted by Gasteiger charge is 2.15. The lowest BCUT2D eigenvalue weighted by molar-refractivity contribution is 0.112. The predicted octanol–water partition coefficient (Wildman–Crippen LogP) is 4.64. The number of imidazole rings is 2. The Balaban J connectivity index is 1.58.